The molecule has 0 aromatic heterocycles. The van der Waals surface area contributed by atoms with E-state index in [1.165, 1.54) is 19.5 Å². The van der Waals surface area contributed by atoms with Crippen molar-refractivity contribution in [1.82, 2.24) is 4.90 Å². The molecule has 0 amide bonds. The van der Waals surface area contributed by atoms with Crippen LogP contribution in [0.2, 0.25) is 0 Å². The fraction of sp³-hybridized carbons (Fsp3) is 1.00. The van der Waals surface area contributed by atoms with Crippen molar-refractivity contribution in [3.8, 4) is 0 Å². The molecule has 1 nitrogen and oxygen atoms in total. The first-order valence-electron chi connectivity index (χ1n) is 4.74. The Kier molecular flexibility index (Phi) is 5.57. The molecule has 0 aliphatic rings. The normalized spacial score (nSPS) is 14.5. The molecule has 0 saturated heterocycles. The second-order valence-corrected chi connectivity index (χ2v) is 4.09. The Balaban J connectivity index is 3.43. The first-order chi connectivity index (χ1) is 5.06. The highest BCUT2D eigenvalue weighted by molar-refractivity contribution is 4.59. The Labute approximate surface area is 71.8 Å². The molecule has 0 spiro atoms. The van der Waals surface area contributed by atoms with Gasteiger partial charge in [-0.3, -0.25) is 0 Å². The minimum Gasteiger partial charge on any atom is -0.306 e. The van der Waals surface area contributed by atoms with Gasteiger partial charge in [-0.1, -0.05) is 27.7 Å². The van der Waals surface area contributed by atoms with E-state index >= 15 is 0 Å². The molecule has 0 aliphatic carbocycles. The van der Waals surface area contributed by atoms with Crippen molar-refractivity contribution in [2.45, 2.75) is 34.1 Å². The fourth-order valence-corrected chi connectivity index (χ4v) is 1.54. The van der Waals surface area contributed by atoms with Gasteiger partial charge in [-0.05, 0) is 31.8 Å². The molecule has 1 atom stereocenters. The lowest BCUT2D eigenvalue weighted by Crippen LogP contribution is -2.24. The summed E-state index contributed by atoms with van der Waals surface area (Å²) >= 11 is 0. The van der Waals surface area contributed by atoms with Crippen molar-refractivity contribution in [3.05, 3.63) is 0 Å². The Morgan fingerprint density at radius 3 is 2.09 bits per heavy atom. The van der Waals surface area contributed by atoms with E-state index in [9.17, 15) is 0 Å². The lowest BCUT2D eigenvalue weighted by Gasteiger charge is -2.20. The monoisotopic (exact) mass is 157 g/mol. The molecule has 0 bridgehead atoms. The van der Waals surface area contributed by atoms with E-state index < -0.39 is 0 Å². The van der Waals surface area contributed by atoms with E-state index in [1.807, 2.05) is 0 Å². The lowest BCUT2D eigenvalue weighted by molar-refractivity contribution is 0.275. The van der Waals surface area contributed by atoms with Gasteiger partial charge >= 0.3 is 0 Å². The van der Waals surface area contributed by atoms with Crippen LogP contribution in [0.25, 0.3) is 0 Å². The molecule has 0 fully saturated rings. The summed E-state index contributed by atoms with van der Waals surface area (Å²) in [4.78, 5) is 2.38. The molecule has 1 heteroatoms. The molecular weight excluding hydrogens is 134 g/mol. The van der Waals surface area contributed by atoms with Crippen LogP contribution in [0.15, 0.2) is 0 Å². The summed E-state index contributed by atoms with van der Waals surface area (Å²) in [6.45, 7) is 11.6. The van der Waals surface area contributed by atoms with Crippen LogP contribution in [0.5, 0.6) is 0 Å². The third kappa shape index (κ3) is 6.36. The summed E-state index contributed by atoms with van der Waals surface area (Å²) in [6.07, 6.45) is 1.35. The van der Waals surface area contributed by atoms with Gasteiger partial charge in [-0.15, -0.1) is 0 Å². The van der Waals surface area contributed by atoms with E-state index in [1.54, 1.807) is 0 Å². The molecular formula is C10H23N. The molecule has 11 heavy (non-hydrogen) atoms. The van der Waals surface area contributed by atoms with E-state index in [2.05, 4.69) is 39.6 Å². The minimum atomic E-state index is 0.843. The summed E-state index contributed by atoms with van der Waals surface area (Å²) in [7, 11) is 2.19. The predicted octanol–water partition coefficient (Wildman–Crippen LogP) is 2.62. The SMILES string of the molecule is CCN(C)CC(C)CC(C)C. The van der Waals surface area contributed by atoms with Crippen molar-refractivity contribution in [3.63, 3.8) is 0 Å². The van der Waals surface area contributed by atoms with Crippen molar-refractivity contribution >= 4 is 0 Å². The second kappa shape index (κ2) is 5.59. The van der Waals surface area contributed by atoms with Gasteiger partial charge in [0.15, 0.2) is 0 Å². The van der Waals surface area contributed by atoms with Gasteiger partial charge in [-0.2, -0.15) is 0 Å². The summed E-state index contributed by atoms with van der Waals surface area (Å²) in [5, 5.41) is 0. The van der Waals surface area contributed by atoms with Crippen molar-refractivity contribution in [2.75, 3.05) is 20.1 Å². The van der Waals surface area contributed by atoms with Crippen LogP contribution < -0.4 is 0 Å². The molecule has 0 heterocycles. The highest BCUT2D eigenvalue weighted by atomic mass is 15.1. The quantitative estimate of drug-likeness (QED) is 0.593. The average Bonchev–Trinajstić information content (AvgIpc) is 1.85. The smallest absolute Gasteiger partial charge is 0.000395 e. The van der Waals surface area contributed by atoms with E-state index in [0.717, 1.165) is 11.8 Å². The Morgan fingerprint density at radius 2 is 1.73 bits per heavy atom. The first kappa shape index (κ1) is 11.0. The zero-order valence-electron chi connectivity index (χ0n) is 8.72. The maximum atomic E-state index is 2.38. The highest BCUT2D eigenvalue weighted by Crippen LogP contribution is 2.11. The van der Waals surface area contributed by atoms with Crippen molar-refractivity contribution < 1.29 is 0 Å². The van der Waals surface area contributed by atoms with E-state index in [-0.39, 0.29) is 0 Å². The number of rotatable bonds is 5. The molecule has 0 rings (SSSR count). The Bertz CT molecular complexity index is 88.9. The molecule has 0 aliphatic heterocycles. The maximum Gasteiger partial charge on any atom is 0.000395 e. The van der Waals surface area contributed by atoms with Crippen molar-refractivity contribution in [2.24, 2.45) is 11.8 Å². The van der Waals surface area contributed by atoms with Gasteiger partial charge in [-0.25, -0.2) is 0 Å². The number of hydrogen-bond donors (Lipinski definition) is 0. The summed E-state index contributed by atoms with van der Waals surface area (Å²) < 4.78 is 0. The van der Waals surface area contributed by atoms with Gasteiger partial charge in [0.05, 0.1) is 0 Å². The second-order valence-electron chi connectivity index (χ2n) is 4.09. The van der Waals surface area contributed by atoms with Crippen LogP contribution in [0.1, 0.15) is 34.1 Å². The van der Waals surface area contributed by atoms with Gasteiger partial charge < -0.3 is 4.90 Å². The highest BCUT2D eigenvalue weighted by Gasteiger charge is 2.06. The van der Waals surface area contributed by atoms with Crippen LogP contribution in [0, 0.1) is 11.8 Å². The largest absolute Gasteiger partial charge is 0.306 e. The summed E-state index contributed by atoms with van der Waals surface area (Å²) in [5.41, 5.74) is 0. The van der Waals surface area contributed by atoms with Gasteiger partial charge in [0.1, 0.15) is 0 Å². The van der Waals surface area contributed by atoms with Crippen LogP contribution in [-0.4, -0.2) is 25.0 Å². The van der Waals surface area contributed by atoms with Gasteiger partial charge in [0, 0.05) is 6.54 Å². The Hall–Kier alpha value is -0.0400. The first-order valence-corrected chi connectivity index (χ1v) is 4.74. The minimum absolute atomic E-state index is 0.843. The maximum absolute atomic E-state index is 2.38. The molecule has 0 aromatic rings. The average molecular weight is 157 g/mol. The Morgan fingerprint density at radius 1 is 1.18 bits per heavy atom. The van der Waals surface area contributed by atoms with Crippen LogP contribution >= 0.6 is 0 Å². The molecule has 0 aromatic carbocycles. The molecule has 0 saturated carbocycles. The van der Waals surface area contributed by atoms with E-state index in [4.69, 9.17) is 0 Å². The van der Waals surface area contributed by atoms with Crippen LogP contribution in [0.4, 0.5) is 0 Å². The van der Waals surface area contributed by atoms with Crippen LogP contribution in [0.3, 0.4) is 0 Å². The van der Waals surface area contributed by atoms with Gasteiger partial charge in [0.2, 0.25) is 0 Å². The molecule has 1 unspecified atom stereocenters. The number of nitrogens with zero attached hydrogens (tertiary/aromatic N) is 1. The third-order valence-electron chi connectivity index (χ3n) is 2.04. The lowest BCUT2D eigenvalue weighted by atomic mass is 9.99. The summed E-state index contributed by atoms with van der Waals surface area (Å²) in [6, 6.07) is 0. The predicted molar refractivity (Wildman–Crippen MR) is 51.8 cm³/mol. The van der Waals surface area contributed by atoms with Crippen LogP contribution in [-0.2, 0) is 0 Å². The van der Waals surface area contributed by atoms with Crippen molar-refractivity contribution in [1.29, 1.82) is 0 Å². The zero-order valence-corrected chi connectivity index (χ0v) is 8.72. The zero-order chi connectivity index (χ0) is 8.85. The molecule has 0 N–H and O–H groups in total. The van der Waals surface area contributed by atoms with E-state index in [0.29, 0.717) is 0 Å². The molecule has 68 valence electrons. The van der Waals surface area contributed by atoms with Gasteiger partial charge in [0.25, 0.3) is 0 Å². The number of hydrogen-bond acceptors (Lipinski definition) is 1. The summed E-state index contributed by atoms with van der Waals surface area (Å²) in [5.74, 6) is 1.69. The topological polar surface area (TPSA) is 3.24 Å². The third-order valence-corrected chi connectivity index (χ3v) is 2.04. The fourth-order valence-electron chi connectivity index (χ4n) is 1.54. The standard InChI is InChI=1S/C10H23N/c1-6-11(5)8-10(4)7-9(2)3/h9-10H,6-8H2,1-5H3. The molecule has 0 radical (unpaired) electrons.